The number of aliphatic hydroxyl groups excluding tert-OH is 1. The standard InChI is InChI=1S/C14H12Cl2O2/c15-12-5-3-6-13(16)11(12)9-18-14-7-2-1-4-10(14)8-17/h1-7,17H,8-9H2. The average molecular weight is 283 g/mol. The molecule has 2 nitrogen and oxygen atoms in total. The molecule has 0 aliphatic carbocycles. The van der Waals surface area contributed by atoms with Crippen LogP contribution in [0.4, 0.5) is 0 Å². The van der Waals surface area contributed by atoms with Gasteiger partial charge < -0.3 is 9.84 Å². The summed E-state index contributed by atoms with van der Waals surface area (Å²) in [5, 5.41) is 10.3. The molecule has 0 fully saturated rings. The fourth-order valence-electron chi connectivity index (χ4n) is 1.60. The monoisotopic (exact) mass is 282 g/mol. The molecule has 0 aromatic heterocycles. The largest absolute Gasteiger partial charge is 0.488 e. The van der Waals surface area contributed by atoms with Gasteiger partial charge in [-0.15, -0.1) is 0 Å². The lowest BCUT2D eigenvalue weighted by Crippen LogP contribution is -2.00. The lowest BCUT2D eigenvalue weighted by Gasteiger charge is -2.11. The molecular formula is C14H12Cl2O2. The summed E-state index contributed by atoms with van der Waals surface area (Å²) in [4.78, 5) is 0. The van der Waals surface area contributed by atoms with Gasteiger partial charge in [-0.05, 0) is 18.2 Å². The molecule has 94 valence electrons. The third-order valence-electron chi connectivity index (χ3n) is 2.58. The smallest absolute Gasteiger partial charge is 0.125 e. The van der Waals surface area contributed by atoms with E-state index in [9.17, 15) is 5.11 Å². The van der Waals surface area contributed by atoms with Gasteiger partial charge in [-0.2, -0.15) is 0 Å². The first-order chi connectivity index (χ1) is 8.72. The maximum Gasteiger partial charge on any atom is 0.125 e. The van der Waals surface area contributed by atoms with Crippen LogP contribution in [0.5, 0.6) is 5.75 Å². The van der Waals surface area contributed by atoms with Crippen LogP contribution in [0.15, 0.2) is 42.5 Å². The van der Waals surface area contributed by atoms with Gasteiger partial charge in [0.15, 0.2) is 0 Å². The lowest BCUT2D eigenvalue weighted by molar-refractivity contribution is 0.259. The molecule has 0 unspecified atom stereocenters. The number of rotatable bonds is 4. The van der Waals surface area contributed by atoms with Gasteiger partial charge in [0.1, 0.15) is 12.4 Å². The van der Waals surface area contributed by atoms with Gasteiger partial charge in [0.05, 0.1) is 6.61 Å². The second kappa shape index (κ2) is 6.10. The van der Waals surface area contributed by atoms with Crippen molar-refractivity contribution in [1.29, 1.82) is 0 Å². The number of hydrogen-bond donors (Lipinski definition) is 1. The van der Waals surface area contributed by atoms with E-state index in [1.165, 1.54) is 0 Å². The summed E-state index contributed by atoms with van der Waals surface area (Å²) < 4.78 is 5.65. The number of ether oxygens (including phenoxy) is 1. The Kier molecular flexibility index (Phi) is 4.48. The summed E-state index contributed by atoms with van der Waals surface area (Å²) in [7, 11) is 0. The first-order valence-electron chi connectivity index (χ1n) is 5.47. The van der Waals surface area contributed by atoms with Crippen molar-refractivity contribution in [1.82, 2.24) is 0 Å². The third-order valence-corrected chi connectivity index (χ3v) is 3.28. The van der Waals surface area contributed by atoms with E-state index in [0.29, 0.717) is 15.8 Å². The highest BCUT2D eigenvalue weighted by Gasteiger charge is 2.07. The zero-order valence-corrected chi connectivity index (χ0v) is 11.1. The Bertz CT molecular complexity index is 521. The zero-order chi connectivity index (χ0) is 13.0. The van der Waals surface area contributed by atoms with Crippen LogP contribution in [0.25, 0.3) is 0 Å². The molecule has 0 spiro atoms. The van der Waals surface area contributed by atoms with Gasteiger partial charge in [-0.25, -0.2) is 0 Å². The summed E-state index contributed by atoms with van der Waals surface area (Å²) in [6.45, 7) is 0.210. The number of para-hydroxylation sites is 1. The van der Waals surface area contributed by atoms with E-state index in [0.717, 1.165) is 11.1 Å². The summed E-state index contributed by atoms with van der Waals surface area (Å²) >= 11 is 12.1. The van der Waals surface area contributed by atoms with E-state index in [2.05, 4.69) is 0 Å². The van der Waals surface area contributed by atoms with Gasteiger partial charge in [-0.3, -0.25) is 0 Å². The Morgan fingerprint density at radius 2 is 1.61 bits per heavy atom. The Morgan fingerprint density at radius 1 is 0.944 bits per heavy atom. The Labute approximate surface area is 116 Å². The molecular weight excluding hydrogens is 271 g/mol. The Hall–Kier alpha value is -1.22. The molecule has 18 heavy (non-hydrogen) atoms. The molecule has 0 saturated heterocycles. The third kappa shape index (κ3) is 2.96. The van der Waals surface area contributed by atoms with Crippen LogP contribution in [-0.2, 0) is 13.2 Å². The average Bonchev–Trinajstić information content (AvgIpc) is 2.38. The molecule has 0 heterocycles. The fraction of sp³-hybridized carbons (Fsp3) is 0.143. The van der Waals surface area contributed by atoms with E-state index in [1.54, 1.807) is 24.3 Å². The van der Waals surface area contributed by atoms with Crippen molar-refractivity contribution >= 4 is 23.2 Å². The minimum absolute atomic E-state index is 0.0631. The number of benzene rings is 2. The molecule has 2 rings (SSSR count). The van der Waals surface area contributed by atoms with Gasteiger partial charge in [-0.1, -0.05) is 47.5 Å². The topological polar surface area (TPSA) is 29.5 Å². The van der Waals surface area contributed by atoms with E-state index < -0.39 is 0 Å². The van der Waals surface area contributed by atoms with Crippen molar-refractivity contribution in [3.05, 3.63) is 63.6 Å². The summed E-state index contributed by atoms with van der Waals surface area (Å²) in [5.41, 5.74) is 1.48. The Morgan fingerprint density at radius 3 is 2.28 bits per heavy atom. The van der Waals surface area contributed by atoms with Crippen molar-refractivity contribution in [2.45, 2.75) is 13.2 Å². The van der Waals surface area contributed by atoms with Crippen LogP contribution in [0.2, 0.25) is 10.0 Å². The van der Waals surface area contributed by atoms with Crippen LogP contribution in [-0.4, -0.2) is 5.11 Å². The quantitative estimate of drug-likeness (QED) is 0.916. The maximum absolute atomic E-state index is 9.19. The predicted molar refractivity (Wildman–Crippen MR) is 73.2 cm³/mol. The molecule has 0 saturated carbocycles. The van der Waals surface area contributed by atoms with Crippen LogP contribution in [0.1, 0.15) is 11.1 Å². The van der Waals surface area contributed by atoms with Crippen LogP contribution < -0.4 is 4.74 Å². The van der Waals surface area contributed by atoms with E-state index >= 15 is 0 Å². The molecule has 0 radical (unpaired) electrons. The summed E-state index contributed by atoms with van der Waals surface area (Å²) in [6.07, 6.45) is 0. The molecule has 0 bridgehead atoms. The van der Waals surface area contributed by atoms with Crippen LogP contribution >= 0.6 is 23.2 Å². The van der Waals surface area contributed by atoms with Crippen LogP contribution in [0, 0.1) is 0 Å². The molecule has 0 amide bonds. The fourth-order valence-corrected chi connectivity index (χ4v) is 2.10. The molecule has 2 aromatic rings. The maximum atomic E-state index is 9.19. The van der Waals surface area contributed by atoms with Gasteiger partial charge in [0, 0.05) is 21.2 Å². The molecule has 0 aliphatic rings. The highest BCUT2D eigenvalue weighted by molar-refractivity contribution is 6.35. The predicted octanol–water partition coefficient (Wildman–Crippen LogP) is 4.06. The van der Waals surface area contributed by atoms with E-state index in [4.69, 9.17) is 27.9 Å². The van der Waals surface area contributed by atoms with Gasteiger partial charge >= 0.3 is 0 Å². The normalized spacial score (nSPS) is 10.4. The number of hydrogen-bond acceptors (Lipinski definition) is 2. The summed E-state index contributed by atoms with van der Waals surface area (Å²) in [6, 6.07) is 12.6. The minimum atomic E-state index is -0.0631. The first kappa shape index (κ1) is 13.2. The van der Waals surface area contributed by atoms with Gasteiger partial charge in [0.2, 0.25) is 0 Å². The minimum Gasteiger partial charge on any atom is -0.488 e. The zero-order valence-electron chi connectivity index (χ0n) is 9.57. The second-order valence-electron chi connectivity index (χ2n) is 3.75. The van der Waals surface area contributed by atoms with Gasteiger partial charge in [0.25, 0.3) is 0 Å². The van der Waals surface area contributed by atoms with Crippen molar-refractivity contribution < 1.29 is 9.84 Å². The van der Waals surface area contributed by atoms with Crippen molar-refractivity contribution in [2.75, 3.05) is 0 Å². The number of aliphatic hydroxyl groups is 1. The van der Waals surface area contributed by atoms with E-state index in [1.807, 2.05) is 18.2 Å². The number of halogens is 2. The van der Waals surface area contributed by atoms with Crippen molar-refractivity contribution in [2.24, 2.45) is 0 Å². The molecule has 0 atom stereocenters. The van der Waals surface area contributed by atoms with Crippen LogP contribution in [0.3, 0.4) is 0 Å². The SMILES string of the molecule is OCc1ccccc1OCc1c(Cl)cccc1Cl. The Balaban J connectivity index is 2.16. The second-order valence-corrected chi connectivity index (χ2v) is 4.57. The molecule has 0 aliphatic heterocycles. The molecule has 4 heteroatoms. The van der Waals surface area contributed by atoms with Crippen molar-refractivity contribution in [3.63, 3.8) is 0 Å². The molecule has 2 aromatic carbocycles. The molecule has 1 N–H and O–H groups in total. The first-order valence-corrected chi connectivity index (χ1v) is 6.22. The van der Waals surface area contributed by atoms with E-state index in [-0.39, 0.29) is 13.2 Å². The van der Waals surface area contributed by atoms with Crippen molar-refractivity contribution in [3.8, 4) is 5.75 Å². The highest BCUT2D eigenvalue weighted by Crippen LogP contribution is 2.26. The highest BCUT2D eigenvalue weighted by atomic mass is 35.5. The summed E-state index contributed by atoms with van der Waals surface area (Å²) in [5.74, 6) is 0.635. The lowest BCUT2D eigenvalue weighted by atomic mass is 10.2.